The number of aromatic nitrogens is 3. The summed E-state index contributed by atoms with van der Waals surface area (Å²) in [5.41, 5.74) is 2.65. The van der Waals surface area contributed by atoms with Crippen LogP contribution < -0.4 is 0 Å². The Morgan fingerprint density at radius 2 is 2.12 bits per heavy atom. The first kappa shape index (κ1) is 12.3. The Hall–Kier alpha value is -1.20. The van der Waals surface area contributed by atoms with E-state index >= 15 is 0 Å². The molecule has 4 nitrogen and oxygen atoms in total. The van der Waals surface area contributed by atoms with Gasteiger partial charge in [0.05, 0.1) is 22.0 Å². The lowest BCUT2D eigenvalue weighted by molar-refractivity contribution is 0.198. The number of aliphatic hydroxyl groups excluding tert-OH is 1. The van der Waals surface area contributed by atoms with Gasteiger partial charge in [-0.1, -0.05) is 6.07 Å². The van der Waals surface area contributed by atoms with Crippen LogP contribution in [-0.2, 0) is 0 Å². The van der Waals surface area contributed by atoms with E-state index in [0.717, 1.165) is 21.4 Å². The first-order valence-electron chi connectivity index (χ1n) is 5.37. The van der Waals surface area contributed by atoms with Crippen molar-refractivity contribution in [2.24, 2.45) is 0 Å². The quantitative estimate of drug-likeness (QED) is 0.927. The molecule has 0 radical (unpaired) electrons. The monoisotopic (exact) mass is 295 g/mol. The van der Waals surface area contributed by atoms with Crippen LogP contribution in [0.25, 0.3) is 5.82 Å². The van der Waals surface area contributed by atoms with E-state index in [1.54, 1.807) is 17.8 Å². The standard InChI is InChI=1S/C12H14BrN3O/c1-7-11(13)8(2)16(15-7)12-10(9(3)17)5-4-6-14-12/h4-6,9,17H,1-3H3/t9-/m1/s1. The van der Waals surface area contributed by atoms with Crippen LogP contribution in [0.15, 0.2) is 22.8 Å². The fraction of sp³-hybridized carbons (Fsp3) is 0.333. The highest BCUT2D eigenvalue weighted by molar-refractivity contribution is 9.10. The van der Waals surface area contributed by atoms with E-state index in [9.17, 15) is 5.11 Å². The van der Waals surface area contributed by atoms with E-state index in [1.165, 1.54) is 0 Å². The predicted octanol–water partition coefficient (Wildman–Crippen LogP) is 2.70. The predicted molar refractivity (Wildman–Crippen MR) is 69.2 cm³/mol. The van der Waals surface area contributed by atoms with Gasteiger partial charge in [-0.15, -0.1) is 0 Å². The number of nitrogens with zero attached hydrogens (tertiary/aromatic N) is 3. The number of aliphatic hydroxyl groups is 1. The van der Waals surface area contributed by atoms with Crippen molar-refractivity contribution in [3.05, 3.63) is 39.8 Å². The van der Waals surface area contributed by atoms with Gasteiger partial charge in [0.1, 0.15) is 0 Å². The van der Waals surface area contributed by atoms with Crippen LogP contribution in [-0.4, -0.2) is 19.9 Å². The van der Waals surface area contributed by atoms with Gasteiger partial charge < -0.3 is 5.11 Å². The fourth-order valence-electron chi connectivity index (χ4n) is 1.74. The molecular formula is C12H14BrN3O. The van der Waals surface area contributed by atoms with E-state index in [-0.39, 0.29) is 0 Å². The molecule has 0 unspecified atom stereocenters. The van der Waals surface area contributed by atoms with E-state index in [2.05, 4.69) is 26.0 Å². The van der Waals surface area contributed by atoms with Crippen LogP contribution in [0, 0.1) is 13.8 Å². The molecule has 0 amide bonds. The van der Waals surface area contributed by atoms with Crippen LogP contribution >= 0.6 is 15.9 Å². The molecule has 0 spiro atoms. The van der Waals surface area contributed by atoms with Crippen LogP contribution in [0.3, 0.4) is 0 Å². The molecule has 0 aliphatic heterocycles. The molecule has 0 bridgehead atoms. The van der Waals surface area contributed by atoms with Crippen molar-refractivity contribution in [1.29, 1.82) is 0 Å². The summed E-state index contributed by atoms with van der Waals surface area (Å²) in [7, 11) is 0. The molecule has 2 aromatic heterocycles. The van der Waals surface area contributed by atoms with Gasteiger partial charge in [-0.25, -0.2) is 9.67 Å². The van der Waals surface area contributed by atoms with Crippen molar-refractivity contribution in [2.45, 2.75) is 26.9 Å². The molecule has 2 rings (SSSR count). The topological polar surface area (TPSA) is 50.9 Å². The summed E-state index contributed by atoms with van der Waals surface area (Å²) in [6.45, 7) is 5.62. The normalized spacial score (nSPS) is 12.8. The number of hydrogen-bond donors (Lipinski definition) is 1. The zero-order valence-electron chi connectivity index (χ0n) is 9.98. The molecule has 2 heterocycles. The Morgan fingerprint density at radius 1 is 1.41 bits per heavy atom. The lowest BCUT2D eigenvalue weighted by Crippen LogP contribution is -2.07. The minimum absolute atomic E-state index is 0.568. The third-order valence-electron chi connectivity index (χ3n) is 2.67. The molecule has 1 N–H and O–H groups in total. The Labute approximate surface area is 108 Å². The first-order chi connectivity index (χ1) is 8.02. The Morgan fingerprint density at radius 3 is 2.65 bits per heavy atom. The molecule has 0 saturated heterocycles. The maximum Gasteiger partial charge on any atom is 0.159 e. The van der Waals surface area contributed by atoms with Crippen molar-refractivity contribution in [1.82, 2.24) is 14.8 Å². The number of halogens is 1. The zero-order chi connectivity index (χ0) is 12.6. The van der Waals surface area contributed by atoms with Crippen molar-refractivity contribution >= 4 is 15.9 Å². The number of pyridine rings is 1. The van der Waals surface area contributed by atoms with Crippen LogP contribution in [0.4, 0.5) is 0 Å². The van der Waals surface area contributed by atoms with E-state index < -0.39 is 6.10 Å². The first-order valence-corrected chi connectivity index (χ1v) is 6.16. The third kappa shape index (κ3) is 2.12. The van der Waals surface area contributed by atoms with Crippen molar-refractivity contribution in [2.75, 3.05) is 0 Å². The average Bonchev–Trinajstić information content (AvgIpc) is 2.57. The molecular weight excluding hydrogens is 282 g/mol. The van der Waals surface area contributed by atoms with Crippen LogP contribution in [0.2, 0.25) is 0 Å². The fourth-order valence-corrected chi connectivity index (χ4v) is 1.99. The highest BCUT2D eigenvalue weighted by Crippen LogP contribution is 2.25. The lowest BCUT2D eigenvalue weighted by atomic mass is 10.1. The van der Waals surface area contributed by atoms with E-state index in [1.807, 2.05) is 26.0 Å². The number of aryl methyl sites for hydroxylation is 1. The van der Waals surface area contributed by atoms with Crippen LogP contribution in [0.1, 0.15) is 30.0 Å². The summed E-state index contributed by atoms with van der Waals surface area (Å²) in [5, 5.41) is 14.2. The molecule has 2 aromatic rings. The summed E-state index contributed by atoms with van der Waals surface area (Å²) >= 11 is 3.49. The summed E-state index contributed by atoms with van der Waals surface area (Å²) < 4.78 is 2.72. The van der Waals surface area contributed by atoms with Gasteiger partial charge in [-0.2, -0.15) is 5.10 Å². The SMILES string of the molecule is Cc1nn(-c2ncccc2[C@@H](C)O)c(C)c1Br. The van der Waals surface area contributed by atoms with Crippen LogP contribution in [0.5, 0.6) is 0 Å². The van der Waals surface area contributed by atoms with Crippen molar-refractivity contribution in [3.8, 4) is 5.82 Å². The molecule has 90 valence electrons. The van der Waals surface area contributed by atoms with E-state index in [0.29, 0.717) is 5.82 Å². The summed E-state index contributed by atoms with van der Waals surface area (Å²) in [6, 6.07) is 3.67. The van der Waals surface area contributed by atoms with Gasteiger partial charge in [0.15, 0.2) is 5.82 Å². The Balaban J connectivity index is 2.64. The molecule has 1 atom stereocenters. The molecule has 17 heavy (non-hydrogen) atoms. The van der Waals surface area contributed by atoms with Gasteiger partial charge in [0.25, 0.3) is 0 Å². The van der Waals surface area contributed by atoms with Gasteiger partial charge in [-0.05, 0) is 42.8 Å². The third-order valence-corrected chi connectivity index (χ3v) is 3.82. The smallest absolute Gasteiger partial charge is 0.159 e. The van der Waals surface area contributed by atoms with Gasteiger partial charge in [0.2, 0.25) is 0 Å². The Kier molecular flexibility index (Phi) is 3.31. The van der Waals surface area contributed by atoms with E-state index in [4.69, 9.17) is 0 Å². The second-order valence-corrected chi connectivity index (χ2v) is 4.78. The zero-order valence-corrected chi connectivity index (χ0v) is 11.6. The highest BCUT2D eigenvalue weighted by atomic mass is 79.9. The summed E-state index contributed by atoms with van der Waals surface area (Å²) in [6.07, 6.45) is 1.13. The lowest BCUT2D eigenvalue weighted by Gasteiger charge is -2.11. The van der Waals surface area contributed by atoms with Gasteiger partial charge >= 0.3 is 0 Å². The average molecular weight is 296 g/mol. The maximum atomic E-state index is 9.74. The summed E-state index contributed by atoms with van der Waals surface area (Å²) in [4.78, 5) is 4.31. The number of hydrogen-bond acceptors (Lipinski definition) is 3. The second kappa shape index (κ2) is 4.58. The van der Waals surface area contributed by atoms with Crippen molar-refractivity contribution in [3.63, 3.8) is 0 Å². The van der Waals surface area contributed by atoms with Crippen molar-refractivity contribution < 1.29 is 5.11 Å². The highest BCUT2D eigenvalue weighted by Gasteiger charge is 2.16. The number of rotatable bonds is 2. The molecule has 0 aromatic carbocycles. The van der Waals surface area contributed by atoms with Gasteiger partial charge in [0, 0.05) is 11.8 Å². The minimum atomic E-state index is -0.568. The molecule has 0 aliphatic carbocycles. The Bertz CT molecular complexity index is 549. The largest absolute Gasteiger partial charge is 0.389 e. The molecule has 0 fully saturated rings. The second-order valence-electron chi connectivity index (χ2n) is 3.99. The minimum Gasteiger partial charge on any atom is -0.389 e. The summed E-state index contributed by atoms with van der Waals surface area (Å²) in [5.74, 6) is 0.675. The maximum absolute atomic E-state index is 9.74. The molecule has 5 heteroatoms. The molecule has 0 aliphatic rings. The van der Waals surface area contributed by atoms with Gasteiger partial charge in [-0.3, -0.25) is 0 Å². The molecule has 0 saturated carbocycles.